The molecular formula is C11H10ClN3. The number of hydrogen-bond acceptors (Lipinski definition) is 3. The average Bonchev–Trinajstić information content (AvgIpc) is 2.22. The first-order valence-electron chi connectivity index (χ1n) is 4.56. The van der Waals surface area contributed by atoms with Crippen LogP contribution >= 0.6 is 11.6 Å². The predicted octanol–water partition coefficient (Wildman–Crippen LogP) is 2.30. The second-order valence-electron chi connectivity index (χ2n) is 3.20. The van der Waals surface area contributed by atoms with Crippen molar-refractivity contribution in [2.75, 3.05) is 5.73 Å². The lowest BCUT2D eigenvalue weighted by molar-refractivity contribution is 0.974. The number of nitrogens with two attached hydrogens (primary N) is 1. The van der Waals surface area contributed by atoms with Gasteiger partial charge in [0.2, 0.25) is 0 Å². The van der Waals surface area contributed by atoms with Gasteiger partial charge in [0.1, 0.15) is 11.6 Å². The van der Waals surface area contributed by atoms with Crippen molar-refractivity contribution in [1.82, 2.24) is 9.97 Å². The summed E-state index contributed by atoms with van der Waals surface area (Å²) in [7, 11) is 0. The lowest BCUT2D eigenvalue weighted by atomic mass is 10.1. The molecule has 2 N–H and O–H groups in total. The van der Waals surface area contributed by atoms with Gasteiger partial charge in [0, 0.05) is 17.6 Å². The number of aromatic nitrogens is 2. The molecule has 0 amide bonds. The number of hydrogen-bond donors (Lipinski definition) is 1. The first kappa shape index (κ1) is 9.93. The van der Waals surface area contributed by atoms with Crippen molar-refractivity contribution in [1.29, 1.82) is 0 Å². The molecule has 0 atom stereocenters. The van der Waals surface area contributed by atoms with Crippen LogP contribution in [0.15, 0.2) is 36.5 Å². The maximum absolute atomic E-state index is 5.79. The molecule has 2 rings (SSSR count). The summed E-state index contributed by atoms with van der Waals surface area (Å²) in [5, 5.41) is 0.729. The summed E-state index contributed by atoms with van der Waals surface area (Å²) in [6, 6.07) is 9.28. The number of anilines is 1. The number of rotatable bonds is 2. The van der Waals surface area contributed by atoms with Crippen LogP contribution in [0, 0.1) is 0 Å². The SMILES string of the molecule is Nc1ccnc(Cc2ccc(Cl)cc2)n1. The molecule has 0 fully saturated rings. The van der Waals surface area contributed by atoms with E-state index >= 15 is 0 Å². The third kappa shape index (κ3) is 2.67. The summed E-state index contributed by atoms with van der Waals surface area (Å²) in [4.78, 5) is 8.26. The van der Waals surface area contributed by atoms with Crippen LogP contribution in [0.25, 0.3) is 0 Å². The topological polar surface area (TPSA) is 51.8 Å². The van der Waals surface area contributed by atoms with Gasteiger partial charge in [0.15, 0.2) is 0 Å². The summed E-state index contributed by atoms with van der Waals surface area (Å²) < 4.78 is 0. The van der Waals surface area contributed by atoms with Crippen molar-refractivity contribution < 1.29 is 0 Å². The average molecular weight is 220 g/mol. The minimum Gasteiger partial charge on any atom is -0.384 e. The van der Waals surface area contributed by atoms with Gasteiger partial charge in [0.25, 0.3) is 0 Å². The van der Waals surface area contributed by atoms with Crippen molar-refractivity contribution in [3.05, 3.63) is 52.9 Å². The van der Waals surface area contributed by atoms with E-state index in [1.54, 1.807) is 12.3 Å². The Morgan fingerprint density at radius 1 is 1.13 bits per heavy atom. The molecule has 2 aromatic rings. The lowest BCUT2D eigenvalue weighted by Gasteiger charge is -2.01. The van der Waals surface area contributed by atoms with E-state index in [-0.39, 0.29) is 0 Å². The van der Waals surface area contributed by atoms with Crippen LogP contribution in [0.1, 0.15) is 11.4 Å². The summed E-state index contributed by atoms with van der Waals surface area (Å²) in [6.07, 6.45) is 2.33. The van der Waals surface area contributed by atoms with Gasteiger partial charge >= 0.3 is 0 Å². The van der Waals surface area contributed by atoms with Crippen LogP contribution in [0.5, 0.6) is 0 Å². The van der Waals surface area contributed by atoms with Crippen LogP contribution in [0.2, 0.25) is 5.02 Å². The fourth-order valence-corrected chi connectivity index (χ4v) is 1.41. The summed E-state index contributed by atoms with van der Waals surface area (Å²) in [5.41, 5.74) is 6.68. The molecule has 0 unspecified atom stereocenters. The second-order valence-corrected chi connectivity index (χ2v) is 3.64. The molecule has 0 saturated heterocycles. The molecule has 15 heavy (non-hydrogen) atoms. The van der Waals surface area contributed by atoms with E-state index < -0.39 is 0 Å². The van der Waals surface area contributed by atoms with E-state index in [1.165, 1.54) is 0 Å². The Balaban J connectivity index is 2.18. The van der Waals surface area contributed by atoms with E-state index in [9.17, 15) is 0 Å². The Hall–Kier alpha value is -1.61. The largest absolute Gasteiger partial charge is 0.384 e. The number of nitrogens with zero attached hydrogens (tertiary/aromatic N) is 2. The fourth-order valence-electron chi connectivity index (χ4n) is 1.28. The van der Waals surface area contributed by atoms with E-state index in [0.717, 1.165) is 16.4 Å². The molecule has 1 aromatic carbocycles. The zero-order chi connectivity index (χ0) is 10.7. The van der Waals surface area contributed by atoms with Crippen LogP contribution in [-0.2, 0) is 6.42 Å². The minimum atomic E-state index is 0.494. The fraction of sp³-hybridized carbons (Fsp3) is 0.0909. The van der Waals surface area contributed by atoms with Crippen molar-refractivity contribution in [2.24, 2.45) is 0 Å². The Bertz CT molecular complexity index is 454. The van der Waals surface area contributed by atoms with E-state index in [4.69, 9.17) is 17.3 Å². The molecule has 0 radical (unpaired) electrons. The number of halogens is 1. The molecule has 0 bridgehead atoms. The molecule has 0 aliphatic carbocycles. The van der Waals surface area contributed by atoms with E-state index in [0.29, 0.717) is 12.2 Å². The second kappa shape index (κ2) is 4.28. The molecular weight excluding hydrogens is 210 g/mol. The zero-order valence-electron chi connectivity index (χ0n) is 8.02. The van der Waals surface area contributed by atoms with Crippen LogP contribution in [-0.4, -0.2) is 9.97 Å². The van der Waals surface area contributed by atoms with Crippen molar-refractivity contribution in [3.63, 3.8) is 0 Å². The molecule has 1 heterocycles. The molecule has 3 nitrogen and oxygen atoms in total. The molecule has 0 aliphatic rings. The highest BCUT2D eigenvalue weighted by Crippen LogP contribution is 2.12. The summed E-state index contributed by atoms with van der Waals surface area (Å²) in [5.74, 6) is 1.21. The standard InChI is InChI=1S/C11H10ClN3/c12-9-3-1-8(2-4-9)7-11-14-6-5-10(13)15-11/h1-6H,7H2,(H2,13,14,15). The lowest BCUT2D eigenvalue weighted by Crippen LogP contribution is -1.99. The molecule has 76 valence electrons. The van der Waals surface area contributed by atoms with Gasteiger partial charge in [-0.3, -0.25) is 0 Å². The Morgan fingerprint density at radius 2 is 1.87 bits per heavy atom. The highest BCUT2D eigenvalue weighted by atomic mass is 35.5. The van der Waals surface area contributed by atoms with Crippen molar-refractivity contribution in [3.8, 4) is 0 Å². The van der Waals surface area contributed by atoms with Gasteiger partial charge in [-0.15, -0.1) is 0 Å². The molecule has 0 saturated carbocycles. The minimum absolute atomic E-state index is 0.494. The molecule has 1 aromatic heterocycles. The van der Waals surface area contributed by atoms with Gasteiger partial charge in [-0.25, -0.2) is 9.97 Å². The monoisotopic (exact) mass is 219 g/mol. The normalized spacial score (nSPS) is 10.2. The van der Waals surface area contributed by atoms with Crippen LogP contribution in [0.4, 0.5) is 5.82 Å². The van der Waals surface area contributed by atoms with Gasteiger partial charge in [-0.1, -0.05) is 23.7 Å². The Labute approximate surface area is 92.9 Å². The molecule has 0 spiro atoms. The summed E-state index contributed by atoms with van der Waals surface area (Å²) in [6.45, 7) is 0. The molecule has 0 aliphatic heterocycles. The van der Waals surface area contributed by atoms with Crippen molar-refractivity contribution in [2.45, 2.75) is 6.42 Å². The predicted molar refractivity (Wildman–Crippen MR) is 60.7 cm³/mol. The number of nitrogen functional groups attached to an aromatic ring is 1. The molecule has 4 heteroatoms. The number of benzene rings is 1. The van der Waals surface area contributed by atoms with Gasteiger partial charge in [-0.2, -0.15) is 0 Å². The van der Waals surface area contributed by atoms with Gasteiger partial charge in [0.05, 0.1) is 0 Å². The quantitative estimate of drug-likeness (QED) is 0.843. The van der Waals surface area contributed by atoms with Crippen molar-refractivity contribution >= 4 is 17.4 Å². The Morgan fingerprint density at radius 3 is 2.53 bits per heavy atom. The van der Waals surface area contributed by atoms with Crippen LogP contribution in [0.3, 0.4) is 0 Å². The van der Waals surface area contributed by atoms with Gasteiger partial charge in [-0.05, 0) is 23.8 Å². The highest BCUT2D eigenvalue weighted by Gasteiger charge is 1.99. The van der Waals surface area contributed by atoms with E-state index in [1.807, 2.05) is 24.3 Å². The smallest absolute Gasteiger partial charge is 0.135 e. The van der Waals surface area contributed by atoms with Crippen LogP contribution < -0.4 is 5.73 Å². The maximum Gasteiger partial charge on any atom is 0.135 e. The first-order valence-corrected chi connectivity index (χ1v) is 4.94. The highest BCUT2D eigenvalue weighted by molar-refractivity contribution is 6.30. The third-order valence-electron chi connectivity index (χ3n) is 2.00. The summed E-state index contributed by atoms with van der Waals surface area (Å²) >= 11 is 5.79. The Kier molecular flexibility index (Phi) is 2.83. The van der Waals surface area contributed by atoms with Gasteiger partial charge < -0.3 is 5.73 Å². The third-order valence-corrected chi connectivity index (χ3v) is 2.25. The zero-order valence-corrected chi connectivity index (χ0v) is 8.78. The first-order chi connectivity index (χ1) is 7.24. The van der Waals surface area contributed by atoms with E-state index in [2.05, 4.69) is 9.97 Å². The maximum atomic E-state index is 5.79.